The third kappa shape index (κ3) is 6.29. The van der Waals surface area contributed by atoms with Gasteiger partial charge in [-0.15, -0.1) is 0 Å². The van der Waals surface area contributed by atoms with Crippen LogP contribution in [0.15, 0.2) is 72.1 Å². The second-order valence-electron chi connectivity index (χ2n) is 8.88. The smallest absolute Gasteiger partial charge is 0.143 e. The van der Waals surface area contributed by atoms with Gasteiger partial charge in [0.2, 0.25) is 0 Å². The van der Waals surface area contributed by atoms with Crippen molar-refractivity contribution in [2.24, 2.45) is 10.7 Å². The van der Waals surface area contributed by atoms with E-state index < -0.39 is 6.10 Å². The van der Waals surface area contributed by atoms with Crippen molar-refractivity contribution in [3.8, 4) is 0 Å². The van der Waals surface area contributed by atoms with Crippen molar-refractivity contribution in [3.05, 3.63) is 101 Å². The lowest BCUT2D eigenvalue weighted by atomic mass is 10.0. The SMILES string of the molecule is CCNOCCN=CC(=CN)c1ccc2nc(C(O)c3ccncc3)n(Cc3cc(C)ccc3C)c2c1. The second-order valence-corrected chi connectivity index (χ2v) is 8.88. The summed E-state index contributed by atoms with van der Waals surface area (Å²) in [5, 5.41) is 11.3. The van der Waals surface area contributed by atoms with E-state index in [-0.39, 0.29) is 0 Å². The maximum Gasteiger partial charge on any atom is 0.143 e. The molecule has 2 heterocycles. The number of aliphatic hydroxyl groups is 1. The Morgan fingerprint density at radius 1 is 1.16 bits per heavy atom. The molecule has 0 aliphatic heterocycles. The first-order valence-corrected chi connectivity index (χ1v) is 12.4. The number of allylic oxidation sites excluding steroid dienone is 1. The van der Waals surface area contributed by atoms with Crippen molar-refractivity contribution in [3.63, 3.8) is 0 Å². The van der Waals surface area contributed by atoms with Crippen LogP contribution >= 0.6 is 0 Å². The zero-order chi connectivity index (χ0) is 26.2. The molecule has 0 aliphatic carbocycles. The van der Waals surface area contributed by atoms with E-state index in [9.17, 15) is 5.11 Å². The van der Waals surface area contributed by atoms with Crippen molar-refractivity contribution >= 4 is 22.8 Å². The zero-order valence-corrected chi connectivity index (χ0v) is 21.6. The van der Waals surface area contributed by atoms with Crippen molar-refractivity contribution in [1.82, 2.24) is 20.0 Å². The highest BCUT2D eigenvalue weighted by Gasteiger charge is 2.21. The van der Waals surface area contributed by atoms with Gasteiger partial charge >= 0.3 is 0 Å². The fourth-order valence-electron chi connectivity index (χ4n) is 4.18. The van der Waals surface area contributed by atoms with Crippen LogP contribution in [0.25, 0.3) is 16.6 Å². The largest absolute Gasteiger partial charge is 0.404 e. The average Bonchev–Trinajstić information content (AvgIpc) is 3.28. The van der Waals surface area contributed by atoms with Crippen LogP contribution in [0.5, 0.6) is 0 Å². The Labute approximate surface area is 217 Å². The molecule has 0 bridgehead atoms. The standard InChI is InChI=1S/C29H34N6O2/c1-4-33-37-14-13-32-18-25(17-30)23-7-8-26-27(16-23)35(19-24-15-20(2)5-6-21(24)3)29(34-26)28(36)22-9-11-31-12-10-22/h5-12,15-18,28,33,36H,4,13-14,19,30H2,1-3H3. The van der Waals surface area contributed by atoms with Gasteiger partial charge < -0.3 is 15.4 Å². The average molecular weight is 499 g/mol. The van der Waals surface area contributed by atoms with Gasteiger partial charge in [0.1, 0.15) is 11.9 Å². The first-order chi connectivity index (χ1) is 18.0. The van der Waals surface area contributed by atoms with E-state index in [2.05, 4.69) is 58.1 Å². The third-order valence-corrected chi connectivity index (χ3v) is 6.19. The molecule has 0 radical (unpaired) electrons. The van der Waals surface area contributed by atoms with Gasteiger partial charge in [-0.3, -0.25) is 14.8 Å². The predicted octanol–water partition coefficient (Wildman–Crippen LogP) is 4.09. The molecule has 0 saturated carbocycles. The number of fused-ring (bicyclic) bond motifs is 1. The highest BCUT2D eigenvalue weighted by atomic mass is 16.6. The quantitative estimate of drug-likeness (QED) is 0.163. The Bertz CT molecular complexity index is 1390. The van der Waals surface area contributed by atoms with Crippen molar-refractivity contribution < 1.29 is 9.94 Å². The summed E-state index contributed by atoms with van der Waals surface area (Å²) in [4.78, 5) is 18.6. The van der Waals surface area contributed by atoms with Crippen molar-refractivity contribution in [1.29, 1.82) is 0 Å². The van der Waals surface area contributed by atoms with E-state index in [0.29, 0.717) is 25.5 Å². The van der Waals surface area contributed by atoms with Crippen LogP contribution in [-0.2, 0) is 11.4 Å². The molecule has 0 saturated heterocycles. The lowest BCUT2D eigenvalue weighted by molar-refractivity contribution is 0.0507. The molecular formula is C29H34N6O2. The summed E-state index contributed by atoms with van der Waals surface area (Å²) in [6.45, 7) is 8.46. The van der Waals surface area contributed by atoms with Gasteiger partial charge in [-0.1, -0.05) is 36.8 Å². The summed E-state index contributed by atoms with van der Waals surface area (Å²) in [6.07, 6.45) is 5.76. The molecule has 1 atom stereocenters. The normalized spacial score (nSPS) is 13.0. The number of hydrogen-bond donors (Lipinski definition) is 3. The number of aliphatic imine (C=N–C) groups is 1. The number of hydrogen-bond acceptors (Lipinski definition) is 7. The fourth-order valence-corrected chi connectivity index (χ4v) is 4.18. The Morgan fingerprint density at radius 3 is 2.73 bits per heavy atom. The molecule has 37 heavy (non-hydrogen) atoms. The zero-order valence-electron chi connectivity index (χ0n) is 21.6. The van der Waals surface area contributed by atoms with Crippen LogP contribution in [-0.4, -0.2) is 45.6 Å². The highest BCUT2D eigenvalue weighted by Crippen LogP contribution is 2.29. The van der Waals surface area contributed by atoms with E-state index in [1.807, 2.05) is 31.2 Å². The Kier molecular flexibility index (Phi) is 8.79. The van der Waals surface area contributed by atoms with Crippen molar-refractivity contribution in [2.75, 3.05) is 19.7 Å². The van der Waals surface area contributed by atoms with Crippen LogP contribution in [0.1, 0.15) is 46.7 Å². The molecule has 0 aliphatic rings. The Hall–Kier alpha value is -3.85. The number of imidazole rings is 1. The van der Waals surface area contributed by atoms with E-state index in [1.165, 1.54) is 16.7 Å². The minimum atomic E-state index is -0.897. The molecule has 0 fully saturated rings. The molecular weight excluding hydrogens is 464 g/mol. The monoisotopic (exact) mass is 498 g/mol. The predicted molar refractivity (Wildman–Crippen MR) is 148 cm³/mol. The van der Waals surface area contributed by atoms with Gasteiger partial charge in [0, 0.05) is 43.5 Å². The summed E-state index contributed by atoms with van der Waals surface area (Å²) in [5.41, 5.74) is 16.5. The molecule has 4 N–H and O–H groups in total. The van der Waals surface area contributed by atoms with E-state index in [0.717, 1.165) is 34.3 Å². The van der Waals surface area contributed by atoms with Crippen LogP contribution in [0.2, 0.25) is 0 Å². The number of pyridine rings is 1. The fraction of sp³-hybridized carbons (Fsp3) is 0.276. The maximum absolute atomic E-state index is 11.3. The van der Waals surface area contributed by atoms with Crippen molar-refractivity contribution in [2.45, 2.75) is 33.4 Å². The molecule has 0 spiro atoms. The number of benzene rings is 2. The number of nitrogens with two attached hydrogens (primary N) is 1. The number of rotatable bonds is 11. The summed E-state index contributed by atoms with van der Waals surface area (Å²) < 4.78 is 2.08. The summed E-state index contributed by atoms with van der Waals surface area (Å²) >= 11 is 0. The number of aromatic nitrogens is 3. The molecule has 8 heteroatoms. The maximum atomic E-state index is 11.3. The van der Waals surface area contributed by atoms with Gasteiger partial charge in [0.25, 0.3) is 0 Å². The summed E-state index contributed by atoms with van der Waals surface area (Å²) in [7, 11) is 0. The second kappa shape index (κ2) is 12.4. The molecule has 0 amide bonds. The summed E-state index contributed by atoms with van der Waals surface area (Å²) in [5.74, 6) is 0.576. The number of aryl methyl sites for hydroxylation is 2. The van der Waals surface area contributed by atoms with Crippen LogP contribution in [0.4, 0.5) is 0 Å². The van der Waals surface area contributed by atoms with E-state index in [1.54, 1.807) is 24.8 Å². The Balaban J connectivity index is 1.74. The van der Waals surface area contributed by atoms with Crippen LogP contribution < -0.4 is 11.2 Å². The van der Waals surface area contributed by atoms with Gasteiger partial charge in [-0.25, -0.2) is 10.5 Å². The molecule has 2 aromatic heterocycles. The number of nitrogens with zero attached hydrogens (tertiary/aromatic N) is 4. The van der Waals surface area contributed by atoms with Gasteiger partial charge in [-0.05, 0) is 60.4 Å². The number of hydroxylamine groups is 1. The molecule has 4 aromatic rings. The molecule has 192 valence electrons. The molecule has 1 unspecified atom stereocenters. The number of aliphatic hydroxyl groups excluding tert-OH is 1. The lowest BCUT2D eigenvalue weighted by Crippen LogP contribution is -2.15. The first-order valence-electron chi connectivity index (χ1n) is 12.4. The van der Waals surface area contributed by atoms with E-state index in [4.69, 9.17) is 15.6 Å². The third-order valence-electron chi connectivity index (χ3n) is 6.19. The topological polar surface area (TPSA) is 111 Å². The summed E-state index contributed by atoms with van der Waals surface area (Å²) in [6, 6.07) is 16.0. The molecule has 4 rings (SSSR count). The first kappa shape index (κ1) is 26.2. The van der Waals surface area contributed by atoms with E-state index >= 15 is 0 Å². The molecule has 2 aromatic carbocycles. The van der Waals surface area contributed by atoms with Crippen LogP contribution in [0.3, 0.4) is 0 Å². The highest BCUT2D eigenvalue weighted by molar-refractivity contribution is 6.10. The minimum absolute atomic E-state index is 0.472. The Morgan fingerprint density at radius 2 is 1.97 bits per heavy atom. The minimum Gasteiger partial charge on any atom is -0.404 e. The van der Waals surface area contributed by atoms with Gasteiger partial charge in [-0.2, -0.15) is 0 Å². The number of nitrogens with one attached hydrogen (secondary N) is 1. The molecule has 8 nitrogen and oxygen atoms in total. The van der Waals surface area contributed by atoms with Gasteiger partial charge in [0.15, 0.2) is 0 Å². The lowest BCUT2D eigenvalue weighted by Gasteiger charge is -2.16. The van der Waals surface area contributed by atoms with Crippen LogP contribution in [0, 0.1) is 13.8 Å². The van der Waals surface area contributed by atoms with Gasteiger partial charge in [0.05, 0.1) is 24.2 Å².